The van der Waals surface area contributed by atoms with Crippen molar-refractivity contribution in [1.29, 1.82) is 5.26 Å². The predicted molar refractivity (Wildman–Crippen MR) is 121 cm³/mol. The van der Waals surface area contributed by atoms with Gasteiger partial charge in [0.05, 0.1) is 17.0 Å². The second-order valence-corrected chi connectivity index (χ2v) is 8.27. The van der Waals surface area contributed by atoms with E-state index in [0.29, 0.717) is 37.3 Å². The highest BCUT2D eigenvalue weighted by Gasteiger charge is 2.26. The fourth-order valence-electron chi connectivity index (χ4n) is 3.82. The van der Waals surface area contributed by atoms with E-state index in [1.165, 1.54) is 24.3 Å². The summed E-state index contributed by atoms with van der Waals surface area (Å²) in [6, 6.07) is 11.5. The number of primary amides is 1. The molecule has 3 rings (SSSR count). The van der Waals surface area contributed by atoms with Crippen LogP contribution in [-0.2, 0) is 22.6 Å². The number of hydrogen-bond acceptors (Lipinski definition) is 4. The molecule has 1 aliphatic heterocycles. The van der Waals surface area contributed by atoms with Crippen molar-refractivity contribution in [3.05, 3.63) is 75.6 Å². The average Bonchev–Trinajstić information content (AvgIpc) is 2.74. The van der Waals surface area contributed by atoms with Crippen molar-refractivity contribution in [3.63, 3.8) is 0 Å². The predicted octanol–water partition coefficient (Wildman–Crippen LogP) is 3.12. The minimum absolute atomic E-state index is 0.00803. The Morgan fingerprint density at radius 1 is 1.28 bits per heavy atom. The highest BCUT2D eigenvalue weighted by Crippen LogP contribution is 2.23. The first kappa shape index (κ1) is 23.5. The minimum atomic E-state index is -0.530. The SMILES string of the molecule is C[C@@H]1CN(Cc2ccc(F)cc2)CCN1C(=O)C=Cc1cc(C#N)c(Cl)cc1CC(N)=O. The molecule has 0 radical (unpaired) electrons. The summed E-state index contributed by atoms with van der Waals surface area (Å²) in [5.74, 6) is -0.944. The van der Waals surface area contributed by atoms with E-state index in [4.69, 9.17) is 17.3 Å². The molecule has 6 nitrogen and oxygen atoms in total. The number of nitrogens with zero attached hydrogens (tertiary/aromatic N) is 3. The zero-order valence-electron chi connectivity index (χ0n) is 17.7. The van der Waals surface area contributed by atoms with Gasteiger partial charge in [-0.2, -0.15) is 5.26 Å². The molecule has 2 N–H and O–H groups in total. The summed E-state index contributed by atoms with van der Waals surface area (Å²) in [4.78, 5) is 28.2. The van der Waals surface area contributed by atoms with Gasteiger partial charge in [0.2, 0.25) is 11.8 Å². The third-order valence-electron chi connectivity index (χ3n) is 5.43. The van der Waals surface area contributed by atoms with E-state index in [0.717, 1.165) is 5.56 Å². The number of carbonyl (C=O) groups is 2. The zero-order valence-corrected chi connectivity index (χ0v) is 18.5. The van der Waals surface area contributed by atoms with Gasteiger partial charge in [-0.3, -0.25) is 14.5 Å². The smallest absolute Gasteiger partial charge is 0.246 e. The van der Waals surface area contributed by atoms with Gasteiger partial charge in [-0.15, -0.1) is 0 Å². The molecular weight excluding hydrogens is 431 g/mol. The Labute approximate surface area is 191 Å². The van der Waals surface area contributed by atoms with Gasteiger partial charge < -0.3 is 10.6 Å². The maximum atomic E-state index is 13.1. The first-order valence-electron chi connectivity index (χ1n) is 10.2. The molecular formula is C24H24ClFN4O2. The molecule has 2 aromatic rings. The second-order valence-electron chi connectivity index (χ2n) is 7.86. The van der Waals surface area contributed by atoms with Gasteiger partial charge in [-0.1, -0.05) is 23.7 Å². The lowest BCUT2D eigenvalue weighted by Gasteiger charge is -2.39. The van der Waals surface area contributed by atoms with Crippen molar-refractivity contribution < 1.29 is 14.0 Å². The molecule has 1 atom stereocenters. The molecule has 0 bridgehead atoms. The van der Waals surface area contributed by atoms with Crippen molar-refractivity contribution in [2.45, 2.75) is 25.9 Å². The van der Waals surface area contributed by atoms with Crippen LogP contribution in [0.1, 0.15) is 29.2 Å². The van der Waals surface area contributed by atoms with E-state index >= 15 is 0 Å². The number of amides is 2. The lowest BCUT2D eigenvalue weighted by Crippen LogP contribution is -2.53. The Hall–Kier alpha value is -3.21. The maximum Gasteiger partial charge on any atom is 0.246 e. The van der Waals surface area contributed by atoms with Gasteiger partial charge in [0.15, 0.2) is 0 Å². The average molecular weight is 455 g/mol. The fourth-order valence-corrected chi connectivity index (χ4v) is 4.05. The summed E-state index contributed by atoms with van der Waals surface area (Å²) >= 11 is 6.07. The van der Waals surface area contributed by atoms with E-state index < -0.39 is 5.91 Å². The van der Waals surface area contributed by atoms with Crippen LogP contribution in [0.15, 0.2) is 42.5 Å². The number of carbonyl (C=O) groups excluding carboxylic acids is 2. The first-order valence-corrected chi connectivity index (χ1v) is 10.6. The highest BCUT2D eigenvalue weighted by molar-refractivity contribution is 6.31. The third kappa shape index (κ3) is 5.94. The van der Waals surface area contributed by atoms with Crippen LogP contribution in [0.2, 0.25) is 5.02 Å². The molecule has 1 aliphatic rings. The molecule has 2 amide bonds. The molecule has 0 aromatic heterocycles. The molecule has 32 heavy (non-hydrogen) atoms. The Morgan fingerprint density at radius 2 is 2.00 bits per heavy atom. The number of rotatable bonds is 6. The largest absolute Gasteiger partial charge is 0.369 e. The van der Waals surface area contributed by atoms with Crippen molar-refractivity contribution in [2.24, 2.45) is 5.73 Å². The monoisotopic (exact) mass is 454 g/mol. The van der Waals surface area contributed by atoms with Crippen LogP contribution in [0.5, 0.6) is 0 Å². The topological polar surface area (TPSA) is 90.4 Å². The van der Waals surface area contributed by atoms with Crippen LogP contribution in [0, 0.1) is 17.1 Å². The van der Waals surface area contributed by atoms with E-state index in [2.05, 4.69) is 4.90 Å². The molecule has 8 heteroatoms. The van der Waals surface area contributed by atoms with Crippen molar-refractivity contribution in [3.8, 4) is 6.07 Å². The summed E-state index contributed by atoms with van der Waals surface area (Å²) in [5.41, 5.74) is 7.71. The van der Waals surface area contributed by atoms with Crippen LogP contribution in [-0.4, -0.2) is 47.3 Å². The Balaban J connectivity index is 1.68. The summed E-state index contributed by atoms with van der Waals surface area (Å²) in [5, 5.41) is 9.46. The number of nitriles is 1. The molecule has 2 aromatic carbocycles. The van der Waals surface area contributed by atoms with E-state index in [1.807, 2.05) is 13.0 Å². The lowest BCUT2D eigenvalue weighted by molar-refractivity contribution is -0.130. The minimum Gasteiger partial charge on any atom is -0.369 e. The van der Waals surface area contributed by atoms with Crippen molar-refractivity contribution in [2.75, 3.05) is 19.6 Å². The summed E-state index contributed by atoms with van der Waals surface area (Å²) in [7, 11) is 0. The number of halogens is 2. The lowest BCUT2D eigenvalue weighted by atomic mass is 10.0. The van der Waals surface area contributed by atoms with Crippen molar-refractivity contribution >= 4 is 29.5 Å². The van der Waals surface area contributed by atoms with Gasteiger partial charge >= 0.3 is 0 Å². The summed E-state index contributed by atoms with van der Waals surface area (Å²) in [6.45, 7) is 4.64. The van der Waals surface area contributed by atoms with Crippen LogP contribution < -0.4 is 5.73 Å². The molecule has 0 unspecified atom stereocenters. The highest BCUT2D eigenvalue weighted by atomic mass is 35.5. The fraction of sp³-hybridized carbons (Fsp3) is 0.292. The second kappa shape index (κ2) is 10.4. The Kier molecular flexibility index (Phi) is 7.62. The molecule has 1 saturated heterocycles. The number of piperazine rings is 1. The Bertz CT molecular complexity index is 1080. The van der Waals surface area contributed by atoms with Gasteiger partial charge in [0.1, 0.15) is 11.9 Å². The molecule has 166 valence electrons. The van der Waals surface area contributed by atoms with Gasteiger partial charge in [0.25, 0.3) is 0 Å². The van der Waals surface area contributed by atoms with E-state index in [1.54, 1.807) is 29.2 Å². The quantitative estimate of drug-likeness (QED) is 0.679. The maximum absolute atomic E-state index is 13.1. The zero-order chi connectivity index (χ0) is 23.3. The molecule has 1 heterocycles. The van der Waals surface area contributed by atoms with Crippen LogP contribution in [0.4, 0.5) is 4.39 Å². The van der Waals surface area contributed by atoms with E-state index in [9.17, 15) is 19.2 Å². The number of nitrogens with two attached hydrogens (primary N) is 1. The van der Waals surface area contributed by atoms with Crippen LogP contribution in [0.25, 0.3) is 6.08 Å². The molecule has 0 saturated carbocycles. The van der Waals surface area contributed by atoms with Crippen LogP contribution in [0.3, 0.4) is 0 Å². The van der Waals surface area contributed by atoms with Crippen molar-refractivity contribution in [1.82, 2.24) is 9.80 Å². The van der Waals surface area contributed by atoms with Gasteiger partial charge in [0, 0.05) is 38.3 Å². The number of benzene rings is 2. The normalized spacial score (nSPS) is 16.8. The Morgan fingerprint density at radius 3 is 2.62 bits per heavy atom. The standard InChI is InChI=1S/C24H24ClFN4O2/c1-16-14-29(15-17-2-5-21(26)6-3-17)8-9-30(16)24(32)7-4-18-10-20(13-27)22(25)11-19(18)12-23(28)31/h2-7,10-11,16H,8-9,12,14-15H2,1H3,(H2,28,31)/t16-/m1/s1. The summed E-state index contributed by atoms with van der Waals surface area (Å²) in [6.07, 6.45) is 2.99. The molecule has 0 aliphatic carbocycles. The number of hydrogen-bond donors (Lipinski definition) is 1. The molecule has 0 spiro atoms. The first-order chi connectivity index (χ1) is 15.3. The summed E-state index contributed by atoms with van der Waals surface area (Å²) < 4.78 is 13.1. The third-order valence-corrected chi connectivity index (χ3v) is 5.75. The van der Waals surface area contributed by atoms with Gasteiger partial charge in [-0.05, 0) is 54.0 Å². The molecule has 1 fully saturated rings. The van der Waals surface area contributed by atoms with E-state index in [-0.39, 0.29) is 34.8 Å². The van der Waals surface area contributed by atoms with Crippen LogP contribution >= 0.6 is 11.6 Å². The van der Waals surface area contributed by atoms with Gasteiger partial charge in [-0.25, -0.2) is 4.39 Å².